The Morgan fingerprint density at radius 1 is 1.20 bits per heavy atom. The SMILES string of the molecule is CC(C)Cn1c(CO)nnc1C1Cc2ccccc2C1. The quantitative estimate of drug-likeness (QED) is 0.928. The van der Waals surface area contributed by atoms with Crippen LogP contribution >= 0.6 is 0 Å². The number of aliphatic hydroxyl groups excluding tert-OH is 1. The Kier molecular flexibility index (Phi) is 3.57. The Hall–Kier alpha value is -1.68. The van der Waals surface area contributed by atoms with Crippen molar-refractivity contribution < 1.29 is 5.11 Å². The van der Waals surface area contributed by atoms with Crippen molar-refractivity contribution in [2.75, 3.05) is 0 Å². The van der Waals surface area contributed by atoms with E-state index in [1.807, 2.05) is 0 Å². The molecular formula is C16H21N3O. The van der Waals surface area contributed by atoms with E-state index in [1.54, 1.807) is 0 Å². The van der Waals surface area contributed by atoms with Gasteiger partial charge in [-0.1, -0.05) is 38.1 Å². The van der Waals surface area contributed by atoms with Gasteiger partial charge in [0.25, 0.3) is 0 Å². The minimum Gasteiger partial charge on any atom is -0.388 e. The second-order valence-corrected chi connectivity index (χ2v) is 6.01. The fourth-order valence-corrected chi connectivity index (χ4v) is 3.07. The summed E-state index contributed by atoms with van der Waals surface area (Å²) in [5.74, 6) is 2.61. The maximum atomic E-state index is 9.44. The molecule has 0 bridgehead atoms. The van der Waals surface area contributed by atoms with E-state index in [0.29, 0.717) is 17.7 Å². The van der Waals surface area contributed by atoms with Crippen LogP contribution in [-0.2, 0) is 26.0 Å². The van der Waals surface area contributed by atoms with E-state index in [4.69, 9.17) is 0 Å². The zero-order valence-electron chi connectivity index (χ0n) is 12.1. The molecule has 0 amide bonds. The van der Waals surface area contributed by atoms with E-state index >= 15 is 0 Å². The number of nitrogens with zero attached hydrogens (tertiary/aromatic N) is 3. The average molecular weight is 271 g/mol. The zero-order chi connectivity index (χ0) is 14.1. The molecule has 0 saturated heterocycles. The summed E-state index contributed by atoms with van der Waals surface area (Å²) in [6, 6.07) is 8.59. The maximum Gasteiger partial charge on any atom is 0.158 e. The fraction of sp³-hybridized carbons (Fsp3) is 0.500. The Balaban J connectivity index is 1.90. The van der Waals surface area contributed by atoms with Gasteiger partial charge in [-0.2, -0.15) is 0 Å². The van der Waals surface area contributed by atoms with Crippen LogP contribution in [0.1, 0.15) is 42.5 Å². The summed E-state index contributed by atoms with van der Waals surface area (Å²) < 4.78 is 2.11. The third-order valence-corrected chi connectivity index (χ3v) is 3.96. The lowest BCUT2D eigenvalue weighted by Gasteiger charge is -2.15. The van der Waals surface area contributed by atoms with Gasteiger partial charge in [0.15, 0.2) is 5.82 Å². The van der Waals surface area contributed by atoms with Crippen LogP contribution in [0.3, 0.4) is 0 Å². The van der Waals surface area contributed by atoms with Crippen LogP contribution in [0.4, 0.5) is 0 Å². The second-order valence-electron chi connectivity index (χ2n) is 6.01. The van der Waals surface area contributed by atoms with Crippen molar-refractivity contribution in [1.29, 1.82) is 0 Å². The smallest absolute Gasteiger partial charge is 0.158 e. The fourth-order valence-electron chi connectivity index (χ4n) is 3.07. The van der Waals surface area contributed by atoms with Gasteiger partial charge in [-0.25, -0.2) is 0 Å². The van der Waals surface area contributed by atoms with Crippen molar-refractivity contribution >= 4 is 0 Å². The molecule has 1 aliphatic carbocycles. The van der Waals surface area contributed by atoms with Crippen LogP contribution in [0.25, 0.3) is 0 Å². The van der Waals surface area contributed by atoms with Crippen molar-refractivity contribution in [3.8, 4) is 0 Å². The van der Waals surface area contributed by atoms with E-state index in [1.165, 1.54) is 11.1 Å². The van der Waals surface area contributed by atoms with Gasteiger partial charge in [-0.3, -0.25) is 0 Å². The van der Waals surface area contributed by atoms with Crippen LogP contribution in [0, 0.1) is 5.92 Å². The molecule has 0 atom stereocenters. The van der Waals surface area contributed by atoms with Gasteiger partial charge in [0.1, 0.15) is 12.4 Å². The Morgan fingerprint density at radius 2 is 1.85 bits per heavy atom. The minimum atomic E-state index is -0.0423. The molecule has 0 spiro atoms. The molecule has 0 radical (unpaired) electrons. The topological polar surface area (TPSA) is 50.9 Å². The van der Waals surface area contributed by atoms with Gasteiger partial charge in [0, 0.05) is 12.5 Å². The second kappa shape index (κ2) is 5.37. The van der Waals surface area contributed by atoms with Crippen LogP contribution in [-0.4, -0.2) is 19.9 Å². The zero-order valence-corrected chi connectivity index (χ0v) is 12.1. The third kappa shape index (κ3) is 2.36. The van der Waals surface area contributed by atoms with E-state index in [0.717, 1.165) is 25.2 Å². The molecule has 0 fully saturated rings. The lowest BCUT2D eigenvalue weighted by molar-refractivity contribution is 0.261. The summed E-state index contributed by atoms with van der Waals surface area (Å²) in [6.45, 7) is 5.17. The third-order valence-electron chi connectivity index (χ3n) is 3.96. The molecule has 1 aromatic heterocycles. The molecule has 1 aliphatic rings. The molecule has 20 heavy (non-hydrogen) atoms. The maximum absolute atomic E-state index is 9.44. The molecule has 1 heterocycles. The van der Waals surface area contributed by atoms with Gasteiger partial charge in [-0.15, -0.1) is 10.2 Å². The highest BCUT2D eigenvalue weighted by molar-refractivity contribution is 5.35. The highest BCUT2D eigenvalue weighted by Gasteiger charge is 2.27. The number of benzene rings is 1. The first kappa shape index (κ1) is 13.3. The van der Waals surface area contributed by atoms with Crippen molar-refractivity contribution in [3.05, 3.63) is 47.0 Å². The van der Waals surface area contributed by atoms with Gasteiger partial charge >= 0.3 is 0 Å². The summed E-state index contributed by atoms with van der Waals surface area (Å²) in [4.78, 5) is 0. The normalized spacial score (nSPS) is 15.0. The lowest BCUT2D eigenvalue weighted by atomic mass is 10.1. The van der Waals surface area contributed by atoms with Gasteiger partial charge in [-0.05, 0) is 29.9 Å². The summed E-state index contributed by atoms with van der Waals surface area (Å²) in [7, 11) is 0. The molecule has 4 nitrogen and oxygen atoms in total. The molecule has 3 rings (SSSR count). The van der Waals surface area contributed by atoms with Crippen LogP contribution in [0.2, 0.25) is 0 Å². The largest absolute Gasteiger partial charge is 0.388 e. The van der Waals surface area contributed by atoms with E-state index in [-0.39, 0.29) is 6.61 Å². The molecule has 2 aromatic rings. The number of hydrogen-bond donors (Lipinski definition) is 1. The summed E-state index contributed by atoms with van der Waals surface area (Å²) >= 11 is 0. The number of aliphatic hydroxyl groups is 1. The molecule has 1 N–H and O–H groups in total. The first-order valence-corrected chi connectivity index (χ1v) is 7.28. The molecule has 0 unspecified atom stereocenters. The Labute approximate surface area is 119 Å². The molecule has 0 aliphatic heterocycles. The molecule has 4 heteroatoms. The first-order valence-electron chi connectivity index (χ1n) is 7.28. The van der Waals surface area contributed by atoms with E-state index in [2.05, 4.69) is 52.9 Å². The van der Waals surface area contributed by atoms with E-state index < -0.39 is 0 Å². The highest BCUT2D eigenvalue weighted by Crippen LogP contribution is 2.33. The van der Waals surface area contributed by atoms with Crippen molar-refractivity contribution in [1.82, 2.24) is 14.8 Å². The molecule has 106 valence electrons. The summed E-state index contributed by atoms with van der Waals surface area (Å²) in [5, 5.41) is 18.0. The molecular weight excluding hydrogens is 250 g/mol. The molecule has 0 saturated carbocycles. The highest BCUT2D eigenvalue weighted by atomic mass is 16.3. The average Bonchev–Trinajstić information content (AvgIpc) is 3.00. The summed E-state index contributed by atoms with van der Waals surface area (Å²) in [6.07, 6.45) is 2.05. The standard InChI is InChI=1S/C16H21N3O/c1-11(2)9-19-15(10-20)17-18-16(19)14-7-12-5-3-4-6-13(12)8-14/h3-6,11,14,20H,7-10H2,1-2H3. The molecule has 1 aromatic carbocycles. The predicted octanol–water partition coefficient (Wildman–Crippen LogP) is 2.31. The summed E-state index contributed by atoms with van der Waals surface area (Å²) in [5.41, 5.74) is 2.84. The number of rotatable bonds is 4. The van der Waals surface area contributed by atoms with E-state index in [9.17, 15) is 5.11 Å². The monoisotopic (exact) mass is 271 g/mol. The number of aromatic nitrogens is 3. The predicted molar refractivity (Wildman–Crippen MR) is 77.4 cm³/mol. The van der Waals surface area contributed by atoms with Crippen LogP contribution in [0.15, 0.2) is 24.3 Å². The Bertz CT molecular complexity index is 579. The number of fused-ring (bicyclic) bond motifs is 1. The minimum absolute atomic E-state index is 0.0423. The van der Waals surface area contributed by atoms with Gasteiger partial charge < -0.3 is 9.67 Å². The van der Waals surface area contributed by atoms with Gasteiger partial charge in [0.2, 0.25) is 0 Å². The lowest BCUT2D eigenvalue weighted by Crippen LogP contribution is -2.15. The first-order chi connectivity index (χ1) is 9.69. The van der Waals surface area contributed by atoms with Crippen LogP contribution in [0.5, 0.6) is 0 Å². The van der Waals surface area contributed by atoms with Gasteiger partial charge in [0.05, 0.1) is 0 Å². The van der Waals surface area contributed by atoms with Crippen molar-refractivity contribution in [2.45, 2.75) is 45.8 Å². The van der Waals surface area contributed by atoms with Crippen LogP contribution < -0.4 is 0 Å². The number of hydrogen-bond acceptors (Lipinski definition) is 3. The van der Waals surface area contributed by atoms with Crippen molar-refractivity contribution in [2.24, 2.45) is 5.92 Å². The Morgan fingerprint density at radius 3 is 2.40 bits per heavy atom. The van der Waals surface area contributed by atoms with Crippen molar-refractivity contribution in [3.63, 3.8) is 0 Å².